The van der Waals surface area contributed by atoms with E-state index in [0.29, 0.717) is 4.99 Å². The van der Waals surface area contributed by atoms with E-state index in [1.165, 1.54) is 0 Å². The molecule has 1 fully saturated rings. The lowest BCUT2D eigenvalue weighted by Crippen LogP contribution is -2.45. The molecule has 0 radical (unpaired) electrons. The Morgan fingerprint density at radius 3 is 2.31 bits per heavy atom. The predicted molar refractivity (Wildman–Crippen MR) is 71.5 cm³/mol. The van der Waals surface area contributed by atoms with Crippen LogP contribution in [0.4, 0.5) is 0 Å². The van der Waals surface area contributed by atoms with Gasteiger partial charge < -0.3 is 15.7 Å². The molecule has 16 heavy (non-hydrogen) atoms. The molecule has 0 aromatic carbocycles. The van der Waals surface area contributed by atoms with Gasteiger partial charge in [0, 0.05) is 12.0 Å². The first-order valence-corrected chi connectivity index (χ1v) is 6.38. The van der Waals surface area contributed by atoms with E-state index < -0.39 is 5.60 Å². The molecule has 1 aliphatic rings. The Bertz CT molecular complexity index is 252. The van der Waals surface area contributed by atoms with Crippen LogP contribution in [0.1, 0.15) is 40.0 Å². The summed E-state index contributed by atoms with van der Waals surface area (Å²) < 4.78 is 0. The van der Waals surface area contributed by atoms with Crippen molar-refractivity contribution in [1.29, 1.82) is 0 Å². The zero-order valence-corrected chi connectivity index (χ0v) is 11.4. The van der Waals surface area contributed by atoms with Crippen molar-refractivity contribution in [2.24, 2.45) is 11.1 Å². The van der Waals surface area contributed by atoms with Crippen LogP contribution >= 0.6 is 12.2 Å². The number of likely N-dealkylation sites (tertiary alicyclic amines) is 1. The van der Waals surface area contributed by atoms with Gasteiger partial charge in [-0.2, -0.15) is 0 Å². The molecule has 0 bridgehead atoms. The highest BCUT2D eigenvalue weighted by Crippen LogP contribution is 2.31. The van der Waals surface area contributed by atoms with Crippen molar-refractivity contribution in [1.82, 2.24) is 4.90 Å². The summed E-state index contributed by atoms with van der Waals surface area (Å²) in [4.78, 5) is 3.03. The van der Waals surface area contributed by atoms with Crippen LogP contribution in [-0.4, -0.2) is 40.2 Å². The molecule has 3 nitrogen and oxygen atoms in total. The lowest BCUT2D eigenvalue weighted by Gasteiger charge is -2.39. The highest BCUT2D eigenvalue weighted by Gasteiger charge is 2.32. The van der Waals surface area contributed by atoms with Crippen molar-refractivity contribution < 1.29 is 5.11 Å². The minimum atomic E-state index is -0.566. The number of nitrogens with two attached hydrogens (primary N) is 1. The molecular weight excluding hydrogens is 220 g/mol. The average molecular weight is 244 g/mol. The molecule has 0 saturated carbocycles. The van der Waals surface area contributed by atoms with Crippen molar-refractivity contribution in [2.75, 3.05) is 19.6 Å². The van der Waals surface area contributed by atoms with Gasteiger partial charge >= 0.3 is 0 Å². The smallest absolute Gasteiger partial charge is 0.0788 e. The van der Waals surface area contributed by atoms with Crippen LogP contribution in [0.25, 0.3) is 0 Å². The summed E-state index contributed by atoms with van der Waals surface area (Å²) in [5, 5.41) is 9.67. The molecule has 0 amide bonds. The summed E-state index contributed by atoms with van der Waals surface area (Å²) in [7, 11) is 0. The van der Waals surface area contributed by atoms with Crippen molar-refractivity contribution in [2.45, 2.75) is 45.6 Å². The van der Waals surface area contributed by atoms with Crippen LogP contribution in [0.3, 0.4) is 0 Å². The minimum Gasteiger partial charge on any atom is -0.393 e. The second kappa shape index (κ2) is 4.98. The first-order chi connectivity index (χ1) is 7.23. The molecular formula is C12H24N2OS. The maximum Gasteiger partial charge on any atom is 0.0788 e. The van der Waals surface area contributed by atoms with Crippen molar-refractivity contribution in [3.05, 3.63) is 0 Å². The van der Waals surface area contributed by atoms with E-state index in [-0.39, 0.29) is 5.41 Å². The number of aliphatic hydroxyl groups is 1. The van der Waals surface area contributed by atoms with Crippen molar-refractivity contribution in [3.63, 3.8) is 0 Å². The molecule has 1 heterocycles. The summed E-state index contributed by atoms with van der Waals surface area (Å²) in [6, 6.07) is 0. The monoisotopic (exact) mass is 244 g/mol. The third kappa shape index (κ3) is 4.00. The third-order valence-corrected chi connectivity index (χ3v) is 4.09. The standard InChI is InChI=1S/C12H24N2OS/c1-11(2,15)4-7-14-8-5-12(3,6-9-14)10(13)16/h15H,4-9H2,1-3H3,(H2,13,16). The van der Waals surface area contributed by atoms with Gasteiger partial charge in [0.15, 0.2) is 0 Å². The van der Waals surface area contributed by atoms with Gasteiger partial charge in [-0.25, -0.2) is 0 Å². The van der Waals surface area contributed by atoms with Crippen LogP contribution in [0, 0.1) is 5.41 Å². The molecule has 1 saturated heterocycles. The topological polar surface area (TPSA) is 49.5 Å². The van der Waals surface area contributed by atoms with Crippen LogP contribution in [0.5, 0.6) is 0 Å². The van der Waals surface area contributed by atoms with E-state index in [4.69, 9.17) is 18.0 Å². The van der Waals surface area contributed by atoms with Gasteiger partial charge in [-0.3, -0.25) is 0 Å². The maximum absolute atomic E-state index is 9.67. The molecule has 4 heteroatoms. The van der Waals surface area contributed by atoms with E-state index in [9.17, 15) is 5.11 Å². The number of piperidine rings is 1. The third-order valence-electron chi connectivity index (χ3n) is 3.59. The molecule has 0 aliphatic carbocycles. The van der Waals surface area contributed by atoms with Gasteiger partial charge in [-0.1, -0.05) is 19.1 Å². The molecule has 1 rings (SSSR count). The fourth-order valence-electron chi connectivity index (χ4n) is 1.95. The normalized spacial score (nSPS) is 22.0. The zero-order chi connectivity index (χ0) is 12.4. The Morgan fingerprint density at radius 2 is 1.94 bits per heavy atom. The lowest BCUT2D eigenvalue weighted by atomic mass is 9.80. The summed E-state index contributed by atoms with van der Waals surface area (Å²) in [5.41, 5.74) is 5.24. The average Bonchev–Trinajstić information content (AvgIpc) is 2.15. The number of rotatable bonds is 4. The Hall–Kier alpha value is -0.190. The number of thiocarbonyl (C=S) groups is 1. The largest absolute Gasteiger partial charge is 0.393 e. The Labute approximate surface area is 104 Å². The Morgan fingerprint density at radius 1 is 1.44 bits per heavy atom. The van der Waals surface area contributed by atoms with E-state index in [2.05, 4.69) is 11.8 Å². The van der Waals surface area contributed by atoms with Crippen LogP contribution < -0.4 is 5.73 Å². The van der Waals surface area contributed by atoms with Gasteiger partial charge in [-0.15, -0.1) is 0 Å². The summed E-state index contributed by atoms with van der Waals surface area (Å²) >= 11 is 5.11. The first kappa shape index (κ1) is 13.9. The molecule has 0 atom stereocenters. The molecule has 0 aromatic rings. The molecule has 0 aromatic heterocycles. The first-order valence-electron chi connectivity index (χ1n) is 5.98. The van der Waals surface area contributed by atoms with Gasteiger partial charge in [0.25, 0.3) is 0 Å². The molecule has 3 N–H and O–H groups in total. The summed E-state index contributed by atoms with van der Waals surface area (Å²) in [6.45, 7) is 8.89. The molecule has 1 aliphatic heterocycles. The second-order valence-corrected chi connectivity index (χ2v) is 6.27. The Kier molecular flexibility index (Phi) is 4.32. The summed E-state index contributed by atoms with van der Waals surface area (Å²) in [6.07, 6.45) is 2.89. The van der Waals surface area contributed by atoms with Crippen molar-refractivity contribution in [3.8, 4) is 0 Å². The van der Waals surface area contributed by atoms with Crippen LogP contribution in [0.15, 0.2) is 0 Å². The van der Waals surface area contributed by atoms with Crippen molar-refractivity contribution >= 4 is 17.2 Å². The molecule has 0 unspecified atom stereocenters. The minimum absolute atomic E-state index is 0.0422. The highest BCUT2D eigenvalue weighted by atomic mass is 32.1. The van der Waals surface area contributed by atoms with E-state index in [1.807, 2.05) is 13.8 Å². The van der Waals surface area contributed by atoms with Gasteiger partial charge in [0.1, 0.15) is 0 Å². The summed E-state index contributed by atoms with van der Waals surface area (Å²) in [5.74, 6) is 0. The molecule has 94 valence electrons. The molecule has 0 spiro atoms. The number of hydrogen-bond donors (Lipinski definition) is 2. The predicted octanol–water partition coefficient (Wildman–Crippen LogP) is 1.54. The Balaban J connectivity index is 2.35. The second-order valence-electron chi connectivity index (χ2n) is 5.83. The number of hydrogen-bond acceptors (Lipinski definition) is 3. The van der Waals surface area contributed by atoms with Gasteiger partial charge in [0.2, 0.25) is 0 Å². The quantitative estimate of drug-likeness (QED) is 0.737. The van der Waals surface area contributed by atoms with Gasteiger partial charge in [0.05, 0.1) is 10.6 Å². The van der Waals surface area contributed by atoms with E-state index in [0.717, 1.165) is 38.9 Å². The fourth-order valence-corrected chi connectivity index (χ4v) is 2.15. The van der Waals surface area contributed by atoms with Crippen LogP contribution in [-0.2, 0) is 0 Å². The lowest BCUT2D eigenvalue weighted by molar-refractivity contribution is 0.0503. The maximum atomic E-state index is 9.67. The fraction of sp³-hybridized carbons (Fsp3) is 0.917. The zero-order valence-electron chi connectivity index (χ0n) is 10.6. The number of nitrogens with zero attached hydrogens (tertiary/aromatic N) is 1. The van der Waals surface area contributed by atoms with Crippen LogP contribution in [0.2, 0.25) is 0 Å². The SMILES string of the molecule is CC(C)(O)CCN1CCC(C)(C(N)=S)CC1. The van der Waals surface area contributed by atoms with E-state index in [1.54, 1.807) is 0 Å². The van der Waals surface area contributed by atoms with E-state index >= 15 is 0 Å². The van der Waals surface area contributed by atoms with Gasteiger partial charge in [-0.05, 0) is 46.2 Å². The highest BCUT2D eigenvalue weighted by molar-refractivity contribution is 7.80.